The van der Waals surface area contributed by atoms with Crippen LogP contribution in [0.15, 0.2) is 0 Å². The van der Waals surface area contributed by atoms with Gasteiger partial charge in [0.25, 0.3) is 0 Å². The number of hydrogen-bond donors (Lipinski definition) is 3. The average molecular weight is 327 g/mol. The van der Waals surface area contributed by atoms with Crippen LogP contribution in [-0.2, 0) is 4.74 Å². The number of aromatic nitrogens is 2. The van der Waals surface area contributed by atoms with Crippen LogP contribution in [0.5, 0.6) is 0 Å². The zero-order valence-electron chi connectivity index (χ0n) is 12.2. The monoisotopic (exact) mass is 327 g/mol. The predicted octanol–water partition coefficient (Wildman–Crippen LogP) is 2.05. The predicted molar refractivity (Wildman–Crippen MR) is 80.3 cm³/mol. The molecular weight excluding hydrogens is 311 g/mol. The quantitative estimate of drug-likeness (QED) is 0.746. The van der Waals surface area contributed by atoms with Gasteiger partial charge in [0.15, 0.2) is 17.5 Å². The van der Waals surface area contributed by atoms with Crippen LogP contribution in [0, 0.1) is 23.4 Å². The van der Waals surface area contributed by atoms with Gasteiger partial charge in [-0.2, -0.15) is 4.98 Å². The van der Waals surface area contributed by atoms with E-state index in [1.54, 1.807) is 0 Å². The normalized spacial score (nSPS) is 16.0. The zero-order valence-corrected chi connectivity index (χ0v) is 12.2. The zero-order chi connectivity index (χ0) is 16.6. The summed E-state index contributed by atoms with van der Waals surface area (Å²) < 4.78 is 48.1. The second-order valence-electron chi connectivity index (χ2n) is 5.44. The molecule has 0 saturated carbocycles. The van der Waals surface area contributed by atoms with Crippen molar-refractivity contribution in [3.63, 3.8) is 0 Å². The molecule has 0 bridgehead atoms. The highest BCUT2D eigenvalue weighted by Gasteiger charge is 2.24. The molecule has 0 spiro atoms. The number of hydrogen-bond acceptors (Lipinski definition) is 6. The van der Waals surface area contributed by atoms with Gasteiger partial charge in [-0.3, -0.25) is 0 Å². The molecule has 23 heavy (non-hydrogen) atoms. The molecule has 0 aliphatic carbocycles. The Kier molecular flexibility index (Phi) is 4.12. The van der Waals surface area contributed by atoms with Crippen molar-refractivity contribution in [1.29, 1.82) is 0 Å². The lowest BCUT2D eigenvalue weighted by atomic mass is 10.0. The van der Waals surface area contributed by atoms with E-state index in [0.29, 0.717) is 19.8 Å². The van der Waals surface area contributed by atoms with E-state index in [9.17, 15) is 13.2 Å². The van der Waals surface area contributed by atoms with Crippen LogP contribution in [0.2, 0.25) is 0 Å². The lowest BCUT2D eigenvalue weighted by molar-refractivity contribution is 0.0699. The molecular formula is C14H16F3N5O. The van der Waals surface area contributed by atoms with Crippen molar-refractivity contribution < 1.29 is 17.9 Å². The summed E-state index contributed by atoms with van der Waals surface area (Å²) in [6.07, 6.45) is 1.54. The fourth-order valence-electron chi connectivity index (χ4n) is 2.66. The Hall–Kier alpha value is -2.29. The summed E-state index contributed by atoms with van der Waals surface area (Å²) in [6.45, 7) is 1.51. The number of nitrogens with zero attached hydrogens (tertiary/aromatic N) is 2. The number of nitrogen functional groups attached to an aromatic ring is 2. The van der Waals surface area contributed by atoms with Crippen molar-refractivity contribution in [3.8, 4) is 0 Å². The Morgan fingerprint density at radius 3 is 2.43 bits per heavy atom. The maximum atomic E-state index is 14.5. The first kappa shape index (κ1) is 15.6. The summed E-state index contributed by atoms with van der Waals surface area (Å²) in [5.74, 6) is -4.20. The smallest absolute Gasteiger partial charge is 0.222 e. The number of benzene rings is 1. The van der Waals surface area contributed by atoms with Gasteiger partial charge in [-0.1, -0.05) is 0 Å². The van der Waals surface area contributed by atoms with Crippen molar-refractivity contribution in [2.24, 2.45) is 5.92 Å². The highest BCUT2D eigenvalue weighted by atomic mass is 19.2. The Balaban J connectivity index is 1.99. The topological polar surface area (TPSA) is 99.1 Å². The molecule has 6 nitrogen and oxygen atoms in total. The molecule has 2 heterocycles. The first-order chi connectivity index (χ1) is 11.0. The third kappa shape index (κ3) is 2.83. The van der Waals surface area contributed by atoms with Crippen molar-refractivity contribution >= 4 is 28.4 Å². The number of nitrogens with one attached hydrogen (secondary N) is 1. The summed E-state index contributed by atoms with van der Waals surface area (Å²) in [5, 5.41) is 2.13. The average Bonchev–Trinajstić information content (AvgIpc) is 2.53. The summed E-state index contributed by atoms with van der Waals surface area (Å²) in [4.78, 5) is 7.17. The van der Waals surface area contributed by atoms with Gasteiger partial charge in [0.05, 0.1) is 5.39 Å². The van der Waals surface area contributed by atoms with Crippen LogP contribution < -0.4 is 16.8 Å². The molecule has 124 valence electrons. The molecule has 0 atom stereocenters. The lowest BCUT2D eigenvalue weighted by Crippen LogP contribution is -2.23. The molecule has 0 radical (unpaired) electrons. The minimum absolute atomic E-state index is 0.196. The van der Waals surface area contributed by atoms with E-state index in [1.165, 1.54) is 0 Å². The lowest BCUT2D eigenvalue weighted by Gasteiger charge is -2.23. The van der Waals surface area contributed by atoms with Crippen LogP contribution in [0.1, 0.15) is 12.8 Å². The van der Waals surface area contributed by atoms with Crippen molar-refractivity contribution in [3.05, 3.63) is 17.5 Å². The van der Waals surface area contributed by atoms with Gasteiger partial charge in [-0.25, -0.2) is 18.2 Å². The second-order valence-corrected chi connectivity index (χ2v) is 5.44. The molecule has 1 aromatic heterocycles. The van der Waals surface area contributed by atoms with E-state index in [2.05, 4.69) is 15.3 Å². The minimum atomic E-state index is -1.35. The molecule has 9 heteroatoms. The number of anilines is 3. The van der Waals surface area contributed by atoms with Gasteiger partial charge >= 0.3 is 0 Å². The minimum Gasteiger partial charge on any atom is -0.383 e. The third-order valence-corrected chi connectivity index (χ3v) is 3.92. The van der Waals surface area contributed by atoms with E-state index < -0.39 is 39.9 Å². The Labute approximate surface area is 130 Å². The second kappa shape index (κ2) is 6.07. The van der Waals surface area contributed by atoms with Gasteiger partial charge in [-0.05, 0) is 18.8 Å². The van der Waals surface area contributed by atoms with E-state index >= 15 is 0 Å². The molecule has 2 aromatic rings. The van der Waals surface area contributed by atoms with Crippen LogP contribution in [0.3, 0.4) is 0 Å². The molecule has 1 fully saturated rings. The Bertz CT molecular complexity index is 749. The summed E-state index contributed by atoms with van der Waals surface area (Å²) in [5.41, 5.74) is 9.89. The van der Waals surface area contributed by atoms with Crippen molar-refractivity contribution in [2.75, 3.05) is 36.5 Å². The molecule has 1 aromatic carbocycles. The number of nitrogens with two attached hydrogens (primary N) is 2. The van der Waals surface area contributed by atoms with E-state index in [4.69, 9.17) is 16.2 Å². The highest BCUT2D eigenvalue weighted by molar-refractivity contribution is 5.92. The first-order valence-corrected chi connectivity index (χ1v) is 7.19. The van der Waals surface area contributed by atoms with Gasteiger partial charge in [0, 0.05) is 19.8 Å². The van der Waals surface area contributed by atoms with Crippen LogP contribution in [-0.4, -0.2) is 29.7 Å². The summed E-state index contributed by atoms with van der Waals surface area (Å²) >= 11 is 0. The van der Waals surface area contributed by atoms with Crippen LogP contribution >= 0.6 is 0 Å². The molecule has 0 unspecified atom stereocenters. The Morgan fingerprint density at radius 2 is 1.74 bits per heavy atom. The van der Waals surface area contributed by atoms with Gasteiger partial charge in [0.2, 0.25) is 5.95 Å². The molecule has 1 aliphatic heterocycles. The maximum absolute atomic E-state index is 14.5. The number of ether oxygens (including phenoxy) is 1. The fourth-order valence-corrected chi connectivity index (χ4v) is 2.66. The molecule has 1 aliphatic rings. The highest BCUT2D eigenvalue weighted by Crippen LogP contribution is 2.33. The first-order valence-electron chi connectivity index (χ1n) is 7.19. The molecule has 1 saturated heterocycles. The van der Waals surface area contributed by atoms with Crippen LogP contribution in [0.25, 0.3) is 10.9 Å². The number of rotatable bonds is 3. The number of halogens is 3. The summed E-state index contributed by atoms with van der Waals surface area (Å²) in [6, 6.07) is 0. The third-order valence-electron chi connectivity index (χ3n) is 3.92. The van der Waals surface area contributed by atoms with Gasteiger partial charge < -0.3 is 21.5 Å². The SMILES string of the molecule is Nc1nc(N)c2c(F)c(F)c(NCC3CCOCC3)c(F)c2n1. The largest absolute Gasteiger partial charge is 0.383 e. The van der Waals surface area contributed by atoms with Crippen molar-refractivity contribution in [1.82, 2.24) is 9.97 Å². The molecule has 0 amide bonds. The van der Waals surface area contributed by atoms with E-state index in [0.717, 1.165) is 12.8 Å². The Morgan fingerprint density at radius 1 is 1.04 bits per heavy atom. The summed E-state index contributed by atoms with van der Waals surface area (Å²) in [7, 11) is 0. The fraction of sp³-hybridized carbons (Fsp3) is 0.429. The molecule has 3 rings (SSSR count). The maximum Gasteiger partial charge on any atom is 0.222 e. The van der Waals surface area contributed by atoms with E-state index in [1.807, 2.05) is 0 Å². The van der Waals surface area contributed by atoms with Gasteiger partial charge in [0.1, 0.15) is 17.0 Å². The number of fused-ring (bicyclic) bond motifs is 1. The van der Waals surface area contributed by atoms with Crippen LogP contribution in [0.4, 0.5) is 30.6 Å². The standard InChI is InChI=1S/C14H16F3N5O/c15-8-7-11(21-14(19)22-13(7)18)10(17)12(9(8)16)20-5-6-1-3-23-4-2-6/h6,20H,1-5H2,(H4,18,19,21,22). The van der Waals surface area contributed by atoms with Gasteiger partial charge in [-0.15, -0.1) is 0 Å². The van der Waals surface area contributed by atoms with Crippen molar-refractivity contribution in [2.45, 2.75) is 12.8 Å². The van der Waals surface area contributed by atoms with E-state index in [-0.39, 0.29) is 11.9 Å². The molecule has 5 N–H and O–H groups in total.